The average Bonchev–Trinajstić information content (AvgIpc) is 2.94. The standard InChI is InChI=1S/C24H25ClN6OS/c1-17-14-22-21(15-18(17)25)31(20-7-4-3-6-19(20)28(2)33-22)23(32)16-29-10-12-30(13-11-29)24-26-8-5-9-27-24/h3-9,14-15H,10-13,16H2,1-2H3. The zero-order valence-corrected chi connectivity index (χ0v) is 20.2. The van der Waals surface area contributed by atoms with Crippen LogP contribution in [0.1, 0.15) is 10.4 Å². The molecule has 0 aliphatic carbocycles. The van der Waals surface area contributed by atoms with Gasteiger partial charge in [-0.3, -0.25) is 18.2 Å². The number of nitrogens with zero attached hydrogens (tertiary/aromatic N) is 6. The van der Waals surface area contributed by atoms with Gasteiger partial charge in [-0.25, -0.2) is 9.97 Å². The van der Waals surface area contributed by atoms with E-state index in [4.69, 9.17) is 11.6 Å². The van der Waals surface area contributed by atoms with Crippen molar-refractivity contribution in [2.24, 2.45) is 7.05 Å². The van der Waals surface area contributed by atoms with Crippen molar-refractivity contribution >= 4 is 56.2 Å². The SMILES string of the molecule is Cc1cc2sn(C)c3ccccc3n(C(=O)CN3CCN(c4ncccn4)CC3)c2cc1Cl. The Morgan fingerprint density at radius 3 is 2.42 bits per heavy atom. The second-order valence-electron chi connectivity index (χ2n) is 8.19. The van der Waals surface area contributed by atoms with E-state index in [1.165, 1.54) is 0 Å². The molecule has 9 heteroatoms. The van der Waals surface area contributed by atoms with Crippen LogP contribution in [0.4, 0.5) is 5.95 Å². The minimum Gasteiger partial charge on any atom is -0.338 e. The van der Waals surface area contributed by atoms with Gasteiger partial charge in [-0.2, -0.15) is 0 Å². The van der Waals surface area contributed by atoms with Crippen LogP contribution in [0.5, 0.6) is 0 Å². The van der Waals surface area contributed by atoms with Crippen LogP contribution in [-0.2, 0) is 7.05 Å². The van der Waals surface area contributed by atoms with E-state index in [2.05, 4.69) is 29.8 Å². The zero-order valence-electron chi connectivity index (χ0n) is 18.6. The van der Waals surface area contributed by atoms with Crippen molar-refractivity contribution in [3.05, 3.63) is 65.4 Å². The number of para-hydroxylation sites is 2. The molecule has 3 heterocycles. The summed E-state index contributed by atoms with van der Waals surface area (Å²) in [5, 5.41) is 0.658. The van der Waals surface area contributed by atoms with E-state index >= 15 is 0 Å². The molecular weight excluding hydrogens is 456 g/mol. The molecule has 1 saturated heterocycles. The van der Waals surface area contributed by atoms with Crippen LogP contribution in [-0.4, -0.2) is 62.0 Å². The number of carbonyl (C=O) groups excluding carboxylic acids is 1. The molecule has 7 nitrogen and oxygen atoms in total. The Hall–Kier alpha value is -2.94. The second-order valence-corrected chi connectivity index (χ2v) is 9.77. The first-order valence-electron chi connectivity index (χ1n) is 10.9. The third kappa shape index (κ3) is 4.34. The molecule has 1 aliphatic rings. The Balaban J connectivity index is 1.50. The molecule has 5 rings (SSSR count). The van der Waals surface area contributed by atoms with Crippen molar-refractivity contribution < 1.29 is 4.79 Å². The number of halogens is 1. The molecule has 4 aromatic rings. The van der Waals surface area contributed by atoms with Gasteiger partial charge in [0.25, 0.3) is 0 Å². The number of aromatic nitrogens is 4. The lowest BCUT2D eigenvalue weighted by Crippen LogP contribution is -2.49. The summed E-state index contributed by atoms with van der Waals surface area (Å²) in [4.78, 5) is 26.8. The number of rotatable bonds is 3. The highest BCUT2D eigenvalue weighted by Crippen LogP contribution is 2.29. The molecule has 0 spiro atoms. The fourth-order valence-electron chi connectivity index (χ4n) is 4.23. The molecule has 1 fully saturated rings. The third-order valence-electron chi connectivity index (χ3n) is 5.99. The van der Waals surface area contributed by atoms with E-state index in [0.717, 1.165) is 58.9 Å². The van der Waals surface area contributed by atoms with E-state index in [1.807, 2.05) is 54.9 Å². The monoisotopic (exact) mass is 480 g/mol. The summed E-state index contributed by atoms with van der Waals surface area (Å²) in [7, 11) is 2.02. The summed E-state index contributed by atoms with van der Waals surface area (Å²) in [6.45, 7) is 5.44. The lowest BCUT2D eigenvalue weighted by Gasteiger charge is -2.34. The molecule has 0 saturated carbocycles. The Morgan fingerprint density at radius 2 is 1.70 bits per heavy atom. The zero-order chi connectivity index (χ0) is 22.9. The predicted octanol–water partition coefficient (Wildman–Crippen LogP) is 4.53. The number of hydrogen-bond donors (Lipinski definition) is 0. The van der Waals surface area contributed by atoms with E-state index in [9.17, 15) is 4.79 Å². The predicted molar refractivity (Wildman–Crippen MR) is 135 cm³/mol. The van der Waals surface area contributed by atoms with Crippen LogP contribution in [0, 0.1) is 6.92 Å². The van der Waals surface area contributed by atoms with Crippen LogP contribution in [0.15, 0.2) is 54.9 Å². The molecule has 0 amide bonds. The lowest BCUT2D eigenvalue weighted by atomic mass is 10.2. The van der Waals surface area contributed by atoms with Gasteiger partial charge < -0.3 is 4.90 Å². The van der Waals surface area contributed by atoms with E-state index in [-0.39, 0.29) is 5.91 Å². The maximum absolute atomic E-state index is 13.8. The Labute approximate surface area is 201 Å². The third-order valence-corrected chi connectivity index (χ3v) is 7.40. The molecule has 0 unspecified atom stereocenters. The minimum atomic E-state index is 0.0314. The molecule has 2 aromatic heterocycles. The van der Waals surface area contributed by atoms with Crippen molar-refractivity contribution in [2.45, 2.75) is 6.92 Å². The van der Waals surface area contributed by atoms with Crippen molar-refractivity contribution in [3.63, 3.8) is 0 Å². The van der Waals surface area contributed by atoms with Crippen LogP contribution in [0.25, 0.3) is 21.3 Å². The quantitative estimate of drug-likeness (QED) is 0.431. The van der Waals surface area contributed by atoms with Crippen LogP contribution < -0.4 is 4.90 Å². The largest absolute Gasteiger partial charge is 0.338 e. The number of fused-ring (bicyclic) bond motifs is 2. The number of aryl methyl sites for hydroxylation is 2. The topological polar surface area (TPSA) is 59.2 Å². The molecule has 2 aromatic carbocycles. The highest BCUT2D eigenvalue weighted by molar-refractivity contribution is 7.13. The summed E-state index contributed by atoms with van der Waals surface area (Å²) in [6, 6.07) is 13.8. The maximum atomic E-state index is 13.8. The molecule has 33 heavy (non-hydrogen) atoms. The van der Waals surface area contributed by atoms with Crippen molar-refractivity contribution in [2.75, 3.05) is 37.6 Å². The number of anilines is 1. The smallest absolute Gasteiger partial charge is 0.245 e. The number of benzene rings is 2. The van der Waals surface area contributed by atoms with E-state index < -0.39 is 0 Å². The summed E-state index contributed by atoms with van der Waals surface area (Å²) in [6.07, 6.45) is 3.52. The summed E-state index contributed by atoms with van der Waals surface area (Å²) in [5.74, 6) is 0.771. The summed E-state index contributed by atoms with van der Waals surface area (Å²) >= 11 is 8.12. The maximum Gasteiger partial charge on any atom is 0.245 e. The Morgan fingerprint density at radius 1 is 1.00 bits per heavy atom. The lowest BCUT2D eigenvalue weighted by molar-refractivity contribution is 0.0853. The molecular formula is C24H25ClN6OS. The van der Waals surface area contributed by atoms with Gasteiger partial charge in [0, 0.05) is 50.6 Å². The molecule has 0 radical (unpaired) electrons. The molecule has 1 aliphatic heterocycles. The highest BCUT2D eigenvalue weighted by Gasteiger charge is 2.22. The van der Waals surface area contributed by atoms with Crippen LogP contribution >= 0.6 is 23.1 Å². The van der Waals surface area contributed by atoms with Gasteiger partial charge >= 0.3 is 0 Å². The Bertz CT molecular complexity index is 1370. The van der Waals surface area contributed by atoms with Gasteiger partial charge in [0.2, 0.25) is 11.9 Å². The van der Waals surface area contributed by atoms with Crippen LogP contribution in [0.2, 0.25) is 5.02 Å². The first-order valence-corrected chi connectivity index (χ1v) is 12.0. The number of carbonyl (C=O) groups is 1. The fraction of sp³-hybridized carbons (Fsp3) is 0.292. The van der Waals surface area contributed by atoms with Gasteiger partial charge in [0.15, 0.2) is 0 Å². The van der Waals surface area contributed by atoms with Gasteiger partial charge in [-0.15, -0.1) is 0 Å². The van der Waals surface area contributed by atoms with Gasteiger partial charge in [0.1, 0.15) is 0 Å². The van der Waals surface area contributed by atoms with Gasteiger partial charge in [0.05, 0.1) is 27.8 Å². The van der Waals surface area contributed by atoms with Gasteiger partial charge in [-0.05, 0) is 42.8 Å². The summed E-state index contributed by atoms with van der Waals surface area (Å²) in [5.41, 5.74) is 3.68. The molecule has 0 bridgehead atoms. The van der Waals surface area contributed by atoms with Crippen LogP contribution in [0.3, 0.4) is 0 Å². The van der Waals surface area contributed by atoms with Crippen molar-refractivity contribution in [3.8, 4) is 0 Å². The average molecular weight is 481 g/mol. The second kappa shape index (κ2) is 9.13. The van der Waals surface area contributed by atoms with Crippen molar-refractivity contribution in [1.82, 2.24) is 23.4 Å². The normalized spacial score (nSPS) is 14.7. The van der Waals surface area contributed by atoms with E-state index in [1.54, 1.807) is 23.9 Å². The van der Waals surface area contributed by atoms with E-state index in [0.29, 0.717) is 11.6 Å². The summed E-state index contributed by atoms with van der Waals surface area (Å²) < 4.78 is 4.95. The molecule has 0 atom stereocenters. The highest BCUT2D eigenvalue weighted by atomic mass is 35.5. The van der Waals surface area contributed by atoms with Crippen molar-refractivity contribution in [1.29, 1.82) is 0 Å². The fourth-order valence-corrected chi connectivity index (χ4v) is 5.41. The minimum absolute atomic E-state index is 0.0314. The van der Waals surface area contributed by atoms with Gasteiger partial charge in [-0.1, -0.05) is 35.3 Å². The molecule has 0 N–H and O–H groups in total. The first kappa shape index (κ1) is 21.9. The number of piperazine rings is 1. The first-order chi connectivity index (χ1) is 16.0. The Kier molecular flexibility index (Phi) is 6.05. The number of hydrogen-bond acceptors (Lipinski definition) is 6. The molecule has 170 valence electrons.